The van der Waals surface area contributed by atoms with Crippen molar-refractivity contribution in [2.45, 2.75) is 11.8 Å². The summed E-state index contributed by atoms with van der Waals surface area (Å²) < 4.78 is 0. The lowest BCUT2D eigenvalue weighted by Gasteiger charge is -2.13. The zero-order valence-electron chi connectivity index (χ0n) is 7.61. The van der Waals surface area contributed by atoms with Crippen LogP contribution in [-0.2, 0) is 9.59 Å². The largest absolute Gasteiger partial charge is 0.274 e. The summed E-state index contributed by atoms with van der Waals surface area (Å²) in [5.41, 5.74) is 0.512. The monoisotopic (exact) mass is 243 g/mol. The van der Waals surface area contributed by atoms with E-state index in [-0.39, 0.29) is 18.2 Å². The molecule has 1 aromatic rings. The fourth-order valence-corrected chi connectivity index (χ4v) is 1.81. The Bertz CT molecular complexity index is 416. The van der Waals surface area contributed by atoms with Gasteiger partial charge in [0.1, 0.15) is 5.38 Å². The van der Waals surface area contributed by atoms with Crippen LogP contribution < -0.4 is 4.90 Å². The van der Waals surface area contributed by atoms with E-state index in [0.717, 1.165) is 4.90 Å². The van der Waals surface area contributed by atoms with Gasteiger partial charge in [0.2, 0.25) is 5.91 Å². The summed E-state index contributed by atoms with van der Waals surface area (Å²) in [5.74, 6) is -0.647. The predicted molar refractivity (Wildman–Crippen MR) is 58.2 cm³/mol. The Morgan fingerprint density at radius 3 is 2.27 bits per heavy atom. The van der Waals surface area contributed by atoms with Crippen molar-refractivity contribution in [3.05, 3.63) is 29.3 Å². The molecule has 0 spiro atoms. The van der Waals surface area contributed by atoms with Gasteiger partial charge in [0.05, 0.1) is 12.1 Å². The van der Waals surface area contributed by atoms with Crippen LogP contribution >= 0.6 is 23.2 Å². The van der Waals surface area contributed by atoms with Gasteiger partial charge < -0.3 is 0 Å². The van der Waals surface area contributed by atoms with Crippen molar-refractivity contribution in [3.8, 4) is 0 Å². The average Bonchev–Trinajstić information content (AvgIpc) is 2.44. The van der Waals surface area contributed by atoms with Gasteiger partial charge in [-0.05, 0) is 24.3 Å². The van der Waals surface area contributed by atoms with Crippen molar-refractivity contribution in [1.82, 2.24) is 0 Å². The van der Waals surface area contributed by atoms with Gasteiger partial charge in [-0.1, -0.05) is 11.6 Å². The Kier molecular flexibility index (Phi) is 2.67. The van der Waals surface area contributed by atoms with Crippen molar-refractivity contribution in [2.24, 2.45) is 0 Å². The second-order valence-electron chi connectivity index (χ2n) is 3.22. The van der Waals surface area contributed by atoms with Gasteiger partial charge in [-0.3, -0.25) is 9.59 Å². The van der Waals surface area contributed by atoms with Gasteiger partial charge in [0.15, 0.2) is 0 Å². The molecule has 15 heavy (non-hydrogen) atoms. The Morgan fingerprint density at radius 2 is 1.80 bits per heavy atom. The third-order valence-electron chi connectivity index (χ3n) is 2.18. The minimum atomic E-state index is -0.742. The first-order valence-corrected chi connectivity index (χ1v) is 5.17. The number of benzene rings is 1. The highest BCUT2D eigenvalue weighted by Crippen LogP contribution is 2.26. The normalized spacial score (nSPS) is 21.2. The zero-order chi connectivity index (χ0) is 11.0. The minimum absolute atomic E-state index is 0.0585. The summed E-state index contributed by atoms with van der Waals surface area (Å²) in [7, 11) is 0. The molecule has 1 fully saturated rings. The molecule has 1 saturated heterocycles. The van der Waals surface area contributed by atoms with Crippen molar-refractivity contribution < 1.29 is 9.59 Å². The molecule has 2 rings (SSSR count). The first kappa shape index (κ1) is 10.5. The number of alkyl halides is 1. The van der Waals surface area contributed by atoms with Gasteiger partial charge >= 0.3 is 0 Å². The molecular weight excluding hydrogens is 237 g/mol. The lowest BCUT2D eigenvalue weighted by molar-refractivity contribution is -0.121. The van der Waals surface area contributed by atoms with Gasteiger partial charge in [0, 0.05) is 5.02 Å². The molecule has 0 saturated carbocycles. The number of imide groups is 1. The van der Waals surface area contributed by atoms with Gasteiger partial charge in [-0.2, -0.15) is 0 Å². The van der Waals surface area contributed by atoms with Gasteiger partial charge in [-0.15, -0.1) is 11.6 Å². The van der Waals surface area contributed by atoms with Crippen molar-refractivity contribution >= 4 is 40.7 Å². The number of hydrogen-bond acceptors (Lipinski definition) is 2. The zero-order valence-corrected chi connectivity index (χ0v) is 9.13. The molecule has 3 nitrogen and oxygen atoms in total. The predicted octanol–water partition coefficient (Wildman–Crippen LogP) is 2.21. The number of anilines is 1. The second kappa shape index (κ2) is 3.83. The molecule has 0 unspecified atom stereocenters. The van der Waals surface area contributed by atoms with Crippen LogP contribution in [0.1, 0.15) is 6.42 Å². The Labute approximate surface area is 96.6 Å². The number of amides is 2. The molecule has 1 aliphatic rings. The van der Waals surface area contributed by atoms with E-state index in [9.17, 15) is 9.59 Å². The smallest absolute Gasteiger partial charge is 0.252 e. The number of rotatable bonds is 1. The van der Waals surface area contributed by atoms with E-state index < -0.39 is 5.38 Å². The molecule has 0 bridgehead atoms. The maximum atomic E-state index is 11.5. The van der Waals surface area contributed by atoms with Crippen LogP contribution in [0.25, 0.3) is 0 Å². The first-order chi connectivity index (χ1) is 7.09. The van der Waals surface area contributed by atoms with E-state index in [2.05, 4.69) is 0 Å². The molecule has 0 N–H and O–H groups in total. The molecule has 5 heteroatoms. The van der Waals surface area contributed by atoms with Crippen LogP contribution in [0, 0.1) is 0 Å². The highest BCUT2D eigenvalue weighted by molar-refractivity contribution is 6.40. The number of carbonyl (C=O) groups is 2. The summed E-state index contributed by atoms with van der Waals surface area (Å²) in [6, 6.07) is 6.48. The van der Waals surface area contributed by atoms with E-state index in [1.807, 2.05) is 0 Å². The quantitative estimate of drug-likeness (QED) is 0.561. The van der Waals surface area contributed by atoms with Crippen molar-refractivity contribution in [3.63, 3.8) is 0 Å². The maximum Gasteiger partial charge on any atom is 0.252 e. The molecule has 1 aliphatic heterocycles. The Morgan fingerprint density at radius 1 is 1.20 bits per heavy atom. The molecule has 0 aliphatic carbocycles. The number of nitrogens with zero attached hydrogens (tertiary/aromatic N) is 1. The van der Waals surface area contributed by atoms with Crippen LogP contribution in [0.2, 0.25) is 5.02 Å². The summed E-state index contributed by atoms with van der Waals surface area (Å²) in [4.78, 5) is 24.1. The van der Waals surface area contributed by atoms with E-state index in [0.29, 0.717) is 10.7 Å². The maximum absolute atomic E-state index is 11.5. The number of carbonyl (C=O) groups excluding carboxylic acids is 2. The standard InChI is InChI=1S/C10H7Cl2NO2/c11-6-1-3-7(4-2-6)13-9(14)5-8(12)10(13)15/h1-4,8H,5H2/t8-/m0/s1. The topological polar surface area (TPSA) is 37.4 Å². The Hall–Kier alpha value is -1.06. The van der Waals surface area contributed by atoms with Crippen LogP contribution in [0.5, 0.6) is 0 Å². The fraction of sp³-hybridized carbons (Fsp3) is 0.200. The summed E-state index contributed by atoms with van der Waals surface area (Å²) in [6.45, 7) is 0. The molecule has 2 amide bonds. The van der Waals surface area contributed by atoms with Crippen LogP contribution in [0.3, 0.4) is 0 Å². The average molecular weight is 244 g/mol. The third-order valence-corrected chi connectivity index (χ3v) is 2.77. The van der Waals surface area contributed by atoms with Gasteiger partial charge in [0.25, 0.3) is 5.91 Å². The number of hydrogen-bond donors (Lipinski definition) is 0. The lowest BCUT2D eigenvalue weighted by Crippen LogP contribution is -2.30. The van der Waals surface area contributed by atoms with E-state index in [1.54, 1.807) is 24.3 Å². The SMILES string of the molecule is O=C1C[C@H](Cl)C(=O)N1c1ccc(Cl)cc1. The molecule has 0 radical (unpaired) electrons. The van der Waals surface area contributed by atoms with E-state index in [1.165, 1.54) is 0 Å². The summed E-state index contributed by atoms with van der Waals surface area (Å²) in [6.07, 6.45) is 0.0585. The second-order valence-corrected chi connectivity index (χ2v) is 4.18. The van der Waals surface area contributed by atoms with E-state index >= 15 is 0 Å². The third kappa shape index (κ3) is 1.85. The van der Waals surface area contributed by atoms with Crippen molar-refractivity contribution in [1.29, 1.82) is 0 Å². The summed E-state index contributed by atoms with van der Waals surface area (Å²) >= 11 is 11.4. The van der Waals surface area contributed by atoms with Gasteiger partial charge in [-0.25, -0.2) is 4.90 Å². The van der Waals surface area contributed by atoms with Crippen molar-refractivity contribution in [2.75, 3.05) is 4.90 Å². The highest BCUT2D eigenvalue weighted by atomic mass is 35.5. The van der Waals surface area contributed by atoms with E-state index in [4.69, 9.17) is 23.2 Å². The molecule has 1 heterocycles. The summed E-state index contributed by atoms with van der Waals surface area (Å²) in [5, 5.41) is -0.187. The minimum Gasteiger partial charge on any atom is -0.274 e. The van der Waals surface area contributed by atoms with Crippen LogP contribution in [0.4, 0.5) is 5.69 Å². The molecule has 1 aromatic carbocycles. The fourth-order valence-electron chi connectivity index (χ4n) is 1.46. The first-order valence-electron chi connectivity index (χ1n) is 4.36. The number of halogens is 2. The molecule has 1 atom stereocenters. The van der Waals surface area contributed by atoms with Crippen LogP contribution in [-0.4, -0.2) is 17.2 Å². The molecule has 78 valence electrons. The van der Waals surface area contributed by atoms with Crippen LogP contribution in [0.15, 0.2) is 24.3 Å². The molecular formula is C10H7Cl2NO2. The molecule has 0 aromatic heterocycles. The highest BCUT2D eigenvalue weighted by Gasteiger charge is 2.38. The Balaban J connectivity index is 2.35. The lowest BCUT2D eigenvalue weighted by atomic mass is 10.3.